The van der Waals surface area contributed by atoms with E-state index in [1.165, 1.54) is 0 Å². The molecule has 0 bridgehead atoms. The molecule has 2 aromatic carbocycles. The number of phenolic OH excluding ortho intramolecular Hbond substituents is 1. The Hall–Kier alpha value is -0.780. The zero-order chi connectivity index (χ0) is 13.1. The van der Waals surface area contributed by atoms with E-state index >= 15 is 0 Å². The van der Waals surface area contributed by atoms with Gasteiger partial charge >= 0.3 is 0 Å². The van der Waals surface area contributed by atoms with E-state index < -0.39 is 0 Å². The van der Waals surface area contributed by atoms with Crippen molar-refractivity contribution >= 4 is 57.7 Å². The van der Waals surface area contributed by atoms with Gasteiger partial charge in [-0.1, -0.05) is 23.2 Å². The molecule has 0 saturated heterocycles. The van der Waals surface area contributed by atoms with Crippen molar-refractivity contribution in [3.05, 3.63) is 55.6 Å². The van der Waals surface area contributed by atoms with E-state index in [9.17, 15) is 5.11 Å². The highest BCUT2D eigenvalue weighted by atomic mass is 127. The second-order valence-corrected chi connectivity index (χ2v) is 5.57. The molecule has 2 nitrogen and oxygen atoms in total. The maximum absolute atomic E-state index is 9.42. The molecule has 0 spiro atoms. The normalized spacial score (nSPS) is 11.1. The minimum atomic E-state index is 0.261. The predicted octanol–water partition coefficient (Wildman–Crippen LogP) is 5.05. The summed E-state index contributed by atoms with van der Waals surface area (Å²) in [6.07, 6.45) is 1.69. The summed E-state index contributed by atoms with van der Waals surface area (Å²) in [5, 5.41) is 10.5. The van der Waals surface area contributed by atoms with Gasteiger partial charge in [-0.15, -0.1) is 0 Å². The standard InChI is InChI=1S/C13H8Cl2INO/c14-9-2-3-12(10(15)6-9)17-7-8-1-4-13(18)11(16)5-8/h1-7,18H. The van der Waals surface area contributed by atoms with Crippen LogP contribution < -0.4 is 0 Å². The first-order valence-electron chi connectivity index (χ1n) is 5.04. The van der Waals surface area contributed by atoms with Crippen LogP contribution in [0.25, 0.3) is 0 Å². The summed E-state index contributed by atoms with van der Waals surface area (Å²) in [7, 11) is 0. The van der Waals surface area contributed by atoms with E-state index in [1.54, 1.807) is 36.5 Å². The molecule has 0 radical (unpaired) electrons. The first kappa shape index (κ1) is 13.6. The molecule has 0 aliphatic carbocycles. The fourth-order valence-corrected chi connectivity index (χ4v) is 2.33. The molecule has 0 aliphatic heterocycles. The van der Waals surface area contributed by atoms with Crippen LogP contribution in [0.5, 0.6) is 5.75 Å². The van der Waals surface area contributed by atoms with Crippen molar-refractivity contribution in [3.63, 3.8) is 0 Å². The number of halogens is 3. The van der Waals surface area contributed by atoms with Crippen molar-refractivity contribution in [2.24, 2.45) is 4.99 Å². The molecular formula is C13H8Cl2INO. The van der Waals surface area contributed by atoms with Gasteiger partial charge in [-0.25, -0.2) is 0 Å². The van der Waals surface area contributed by atoms with Gasteiger partial charge in [0.15, 0.2) is 0 Å². The molecule has 0 amide bonds. The lowest BCUT2D eigenvalue weighted by Gasteiger charge is -2.00. The Kier molecular flexibility index (Phi) is 4.48. The van der Waals surface area contributed by atoms with Gasteiger partial charge in [0.1, 0.15) is 5.75 Å². The monoisotopic (exact) mass is 391 g/mol. The number of hydrogen-bond donors (Lipinski definition) is 1. The summed E-state index contributed by atoms with van der Waals surface area (Å²) in [5.41, 5.74) is 1.55. The summed E-state index contributed by atoms with van der Waals surface area (Å²) >= 11 is 13.9. The zero-order valence-electron chi connectivity index (χ0n) is 9.07. The van der Waals surface area contributed by atoms with Gasteiger partial charge in [0.2, 0.25) is 0 Å². The van der Waals surface area contributed by atoms with E-state index in [4.69, 9.17) is 23.2 Å². The van der Waals surface area contributed by atoms with Crippen LogP contribution in [0.2, 0.25) is 10.0 Å². The van der Waals surface area contributed by atoms with E-state index in [2.05, 4.69) is 27.6 Å². The number of hydrogen-bond acceptors (Lipinski definition) is 2. The lowest BCUT2D eigenvalue weighted by atomic mass is 10.2. The largest absolute Gasteiger partial charge is 0.507 e. The van der Waals surface area contributed by atoms with Crippen molar-refractivity contribution in [2.75, 3.05) is 0 Å². The minimum Gasteiger partial charge on any atom is -0.507 e. The van der Waals surface area contributed by atoms with E-state index in [0.717, 1.165) is 9.13 Å². The Morgan fingerprint density at radius 1 is 1.11 bits per heavy atom. The molecule has 0 saturated carbocycles. The van der Waals surface area contributed by atoms with Crippen LogP contribution in [-0.2, 0) is 0 Å². The van der Waals surface area contributed by atoms with Crippen LogP contribution in [0, 0.1) is 3.57 Å². The zero-order valence-corrected chi connectivity index (χ0v) is 12.7. The SMILES string of the molecule is Oc1ccc(C=Nc2ccc(Cl)cc2Cl)cc1I. The third-order valence-electron chi connectivity index (χ3n) is 2.23. The van der Waals surface area contributed by atoms with Gasteiger partial charge in [-0.3, -0.25) is 4.99 Å². The van der Waals surface area contributed by atoms with E-state index in [-0.39, 0.29) is 5.75 Å². The topological polar surface area (TPSA) is 32.6 Å². The molecule has 1 N–H and O–H groups in total. The van der Waals surface area contributed by atoms with Gasteiger partial charge in [-0.2, -0.15) is 0 Å². The number of rotatable bonds is 2. The Balaban J connectivity index is 2.27. The average molecular weight is 392 g/mol. The third kappa shape index (κ3) is 3.37. The summed E-state index contributed by atoms with van der Waals surface area (Å²) in [6.45, 7) is 0. The second-order valence-electron chi connectivity index (χ2n) is 3.56. The maximum atomic E-state index is 9.42. The minimum absolute atomic E-state index is 0.261. The number of aromatic hydroxyl groups is 1. The quantitative estimate of drug-likeness (QED) is 0.563. The molecule has 0 aromatic heterocycles. The molecule has 0 aliphatic rings. The Labute approximate surface area is 128 Å². The van der Waals surface area contributed by atoms with Crippen molar-refractivity contribution in [3.8, 4) is 5.75 Å². The van der Waals surface area contributed by atoms with Crippen molar-refractivity contribution in [1.29, 1.82) is 0 Å². The van der Waals surface area contributed by atoms with Gasteiger partial charge in [0.25, 0.3) is 0 Å². The first-order valence-corrected chi connectivity index (χ1v) is 6.87. The Morgan fingerprint density at radius 3 is 2.56 bits per heavy atom. The molecule has 92 valence electrons. The smallest absolute Gasteiger partial charge is 0.128 e. The lowest BCUT2D eigenvalue weighted by Crippen LogP contribution is -1.82. The fraction of sp³-hybridized carbons (Fsp3) is 0. The van der Waals surface area contributed by atoms with Gasteiger partial charge in [0, 0.05) is 11.2 Å². The summed E-state index contributed by atoms with van der Waals surface area (Å²) < 4.78 is 0.777. The highest BCUT2D eigenvalue weighted by Crippen LogP contribution is 2.28. The van der Waals surface area contributed by atoms with Crippen LogP contribution in [0.4, 0.5) is 5.69 Å². The van der Waals surface area contributed by atoms with E-state index in [0.29, 0.717) is 15.7 Å². The molecule has 0 heterocycles. The molecule has 2 aromatic rings. The number of nitrogens with zero attached hydrogens (tertiary/aromatic N) is 1. The van der Waals surface area contributed by atoms with Crippen molar-refractivity contribution < 1.29 is 5.11 Å². The van der Waals surface area contributed by atoms with Crippen LogP contribution >= 0.6 is 45.8 Å². The molecular weight excluding hydrogens is 384 g/mol. The van der Waals surface area contributed by atoms with Crippen LogP contribution in [0.1, 0.15) is 5.56 Å². The molecule has 0 atom stereocenters. The summed E-state index contributed by atoms with van der Waals surface area (Å²) in [5.74, 6) is 0.261. The van der Waals surface area contributed by atoms with Gasteiger partial charge in [-0.05, 0) is 64.6 Å². The lowest BCUT2D eigenvalue weighted by molar-refractivity contribution is 0.471. The Bertz CT molecular complexity index is 614. The van der Waals surface area contributed by atoms with Crippen LogP contribution in [0.3, 0.4) is 0 Å². The van der Waals surface area contributed by atoms with Crippen molar-refractivity contribution in [2.45, 2.75) is 0 Å². The highest BCUT2D eigenvalue weighted by molar-refractivity contribution is 14.1. The summed E-state index contributed by atoms with van der Waals surface area (Å²) in [4.78, 5) is 4.29. The van der Waals surface area contributed by atoms with Crippen LogP contribution in [0.15, 0.2) is 41.4 Å². The number of phenols is 1. The maximum Gasteiger partial charge on any atom is 0.128 e. The Morgan fingerprint density at radius 2 is 1.89 bits per heavy atom. The van der Waals surface area contributed by atoms with Gasteiger partial charge < -0.3 is 5.11 Å². The van der Waals surface area contributed by atoms with Crippen LogP contribution in [-0.4, -0.2) is 11.3 Å². The first-order chi connectivity index (χ1) is 8.56. The van der Waals surface area contributed by atoms with E-state index in [1.807, 2.05) is 6.07 Å². The molecule has 0 unspecified atom stereocenters. The molecule has 18 heavy (non-hydrogen) atoms. The fourth-order valence-electron chi connectivity index (χ4n) is 1.33. The molecule has 5 heteroatoms. The molecule has 0 fully saturated rings. The van der Waals surface area contributed by atoms with Crippen molar-refractivity contribution in [1.82, 2.24) is 0 Å². The van der Waals surface area contributed by atoms with Gasteiger partial charge in [0.05, 0.1) is 14.3 Å². The summed E-state index contributed by atoms with van der Waals surface area (Å²) in [6, 6.07) is 10.4. The molecule has 2 rings (SSSR count). The number of aliphatic imine (C=N–C) groups is 1. The second kappa shape index (κ2) is 5.91. The number of benzene rings is 2. The average Bonchev–Trinajstić information content (AvgIpc) is 2.32. The predicted molar refractivity (Wildman–Crippen MR) is 84.5 cm³/mol. The third-order valence-corrected chi connectivity index (χ3v) is 3.64. The highest BCUT2D eigenvalue weighted by Gasteiger charge is 2.00.